The zero-order valence-corrected chi connectivity index (χ0v) is 16.2. The van der Waals surface area contributed by atoms with Crippen LogP contribution < -0.4 is 0 Å². The van der Waals surface area contributed by atoms with Gasteiger partial charge in [-0.2, -0.15) is 0 Å². The van der Waals surface area contributed by atoms with Crippen molar-refractivity contribution in [1.29, 1.82) is 0 Å². The highest BCUT2D eigenvalue weighted by molar-refractivity contribution is 5.14. The molecule has 7 nitrogen and oxygen atoms in total. The molecule has 2 atom stereocenters. The smallest absolute Gasteiger partial charge is 0.168 e. The van der Waals surface area contributed by atoms with Gasteiger partial charge < -0.3 is 4.74 Å². The van der Waals surface area contributed by atoms with E-state index in [0.717, 1.165) is 71.0 Å². The summed E-state index contributed by atoms with van der Waals surface area (Å²) in [6.45, 7) is 9.16. The summed E-state index contributed by atoms with van der Waals surface area (Å²) in [7, 11) is 0. The number of nitrogens with zero attached hydrogens (tertiary/aromatic N) is 6. The highest BCUT2D eigenvalue weighted by Crippen LogP contribution is 2.25. The second-order valence-corrected chi connectivity index (χ2v) is 7.58. The van der Waals surface area contributed by atoms with Crippen LogP contribution in [0.25, 0.3) is 0 Å². The Hall–Kier alpha value is -1.83. The fraction of sp³-hybridized carbons (Fsp3) is 0.650. The summed E-state index contributed by atoms with van der Waals surface area (Å²) >= 11 is 0. The van der Waals surface area contributed by atoms with Gasteiger partial charge in [-0.3, -0.25) is 9.80 Å². The van der Waals surface area contributed by atoms with E-state index < -0.39 is 0 Å². The first kappa shape index (κ1) is 18.5. The van der Waals surface area contributed by atoms with E-state index in [-0.39, 0.29) is 12.1 Å². The molecular weight excluding hydrogens is 340 g/mol. The third-order valence-corrected chi connectivity index (χ3v) is 5.74. The van der Waals surface area contributed by atoms with Crippen LogP contribution in [0.5, 0.6) is 0 Å². The molecule has 2 fully saturated rings. The lowest BCUT2D eigenvalue weighted by molar-refractivity contribution is 0.0752. The van der Waals surface area contributed by atoms with Gasteiger partial charge in [0.1, 0.15) is 0 Å². The molecule has 2 aliphatic rings. The van der Waals surface area contributed by atoms with Crippen LogP contribution >= 0.6 is 0 Å². The number of hydrogen-bond donors (Lipinski definition) is 0. The Morgan fingerprint density at radius 1 is 1.15 bits per heavy atom. The maximum Gasteiger partial charge on any atom is 0.168 e. The number of aromatic nitrogens is 4. The van der Waals surface area contributed by atoms with E-state index >= 15 is 0 Å². The molecule has 0 bridgehead atoms. The van der Waals surface area contributed by atoms with Crippen LogP contribution in [-0.4, -0.2) is 68.9 Å². The second-order valence-electron chi connectivity index (χ2n) is 7.58. The van der Waals surface area contributed by atoms with Crippen molar-refractivity contribution >= 4 is 0 Å². The third kappa shape index (κ3) is 4.54. The fourth-order valence-electron chi connectivity index (χ4n) is 4.24. The molecule has 4 rings (SSSR count). The lowest BCUT2D eigenvalue weighted by atomic mass is 10.1. The van der Waals surface area contributed by atoms with Crippen LogP contribution in [-0.2, 0) is 17.8 Å². The first-order valence-electron chi connectivity index (χ1n) is 10.2. The van der Waals surface area contributed by atoms with E-state index in [2.05, 4.69) is 62.6 Å². The van der Waals surface area contributed by atoms with Gasteiger partial charge >= 0.3 is 0 Å². The molecule has 0 saturated carbocycles. The van der Waals surface area contributed by atoms with Gasteiger partial charge in [-0.05, 0) is 35.3 Å². The minimum Gasteiger partial charge on any atom is -0.376 e. The van der Waals surface area contributed by atoms with Crippen molar-refractivity contribution in [1.82, 2.24) is 30.0 Å². The van der Waals surface area contributed by atoms with Crippen molar-refractivity contribution in [2.75, 3.05) is 32.8 Å². The summed E-state index contributed by atoms with van der Waals surface area (Å²) < 4.78 is 7.75. The average Bonchev–Trinajstić information content (AvgIpc) is 3.38. The van der Waals surface area contributed by atoms with Gasteiger partial charge in [-0.1, -0.05) is 37.3 Å². The number of piperazine rings is 1. The SMILES string of the molecule is CC[C@@H](c1nnnn1C[C@@H]1CCCO1)N1CCN(Cc2ccccc2)CC1. The highest BCUT2D eigenvalue weighted by atomic mass is 16.5. The molecule has 0 N–H and O–H groups in total. The molecule has 3 heterocycles. The Balaban J connectivity index is 1.36. The Morgan fingerprint density at radius 2 is 1.96 bits per heavy atom. The fourth-order valence-corrected chi connectivity index (χ4v) is 4.24. The lowest BCUT2D eigenvalue weighted by Crippen LogP contribution is -2.47. The van der Waals surface area contributed by atoms with E-state index in [9.17, 15) is 0 Å². The van der Waals surface area contributed by atoms with Crippen LogP contribution in [0.15, 0.2) is 30.3 Å². The van der Waals surface area contributed by atoms with Gasteiger partial charge in [0.25, 0.3) is 0 Å². The van der Waals surface area contributed by atoms with Crippen LogP contribution in [0.1, 0.15) is 43.6 Å². The molecule has 0 aliphatic carbocycles. The van der Waals surface area contributed by atoms with Crippen molar-refractivity contribution in [3.63, 3.8) is 0 Å². The van der Waals surface area contributed by atoms with E-state index in [4.69, 9.17) is 4.74 Å². The highest BCUT2D eigenvalue weighted by Gasteiger charge is 2.29. The predicted octanol–water partition coefficient (Wildman–Crippen LogP) is 2.12. The van der Waals surface area contributed by atoms with Gasteiger partial charge in [0, 0.05) is 39.3 Å². The molecule has 27 heavy (non-hydrogen) atoms. The molecule has 0 spiro atoms. The number of benzene rings is 1. The van der Waals surface area contributed by atoms with Gasteiger partial charge in [0.2, 0.25) is 0 Å². The van der Waals surface area contributed by atoms with Crippen molar-refractivity contribution in [3.05, 3.63) is 41.7 Å². The summed E-state index contributed by atoms with van der Waals surface area (Å²) in [6.07, 6.45) is 3.52. The van der Waals surface area contributed by atoms with Gasteiger partial charge in [-0.15, -0.1) is 5.10 Å². The summed E-state index contributed by atoms with van der Waals surface area (Å²) in [4.78, 5) is 5.08. The zero-order valence-electron chi connectivity index (χ0n) is 16.2. The van der Waals surface area contributed by atoms with E-state index in [0.29, 0.717) is 0 Å². The Kier molecular flexibility index (Phi) is 6.11. The minimum absolute atomic E-state index is 0.257. The van der Waals surface area contributed by atoms with E-state index in [1.165, 1.54) is 5.56 Å². The third-order valence-electron chi connectivity index (χ3n) is 5.74. The number of ether oxygens (including phenoxy) is 1. The van der Waals surface area contributed by atoms with Gasteiger partial charge in [-0.25, -0.2) is 4.68 Å². The number of hydrogen-bond acceptors (Lipinski definition) is 6. The monoisotopic (exact) mass is 370 g/mol. The Bertz CT molecular complexity index is 692. The predicted molar refractivity (Wildman–Crippen MR) is 103 cm³/mol. The summed E-state index contributed by atoms with van der Waals surface area (Å²) in [5, 5.41) is 12.6. The molecule has 0 amide bonds. The van der Waals surface area contributed by atoms with Crippen molar-refractivity contribution in [2.24, 2.45) is 0 Å². The molecule has 1 aromatic heterocycles. The minimum atomic E-state index is 0.257. The summed E-state index contributed by atoms with van der Waals surface area (Å²) in [6, 6.07) is 11.0. The van der Waals surface area contributed by atoms with Crippen LogP contribution in [0, 0.1) is 0 Å². The Morgan fingerprint density at radius 3 is 2.67 bits per heavy atom. The summed E-state index contributed by atoms with van der Waals surface area (Å²) in [5.74, 6) is 0.990. The molecular formula is C20H30N6O. The van der Waals surface area contributed by atoms with Crippen molar-refractivity contribution in [3.8, 4) is 0 Å². The largest absolute Gasteiger partial charge is 0.376 e. The molecule has 0 radical (unpaired) electrons. The molecule has 2 aliphatic heterocycles. The number of tetrazole rings is 1. The van der Waals surface area contributed by atoms with Crippen molar-refractivity contribution < 1.29 is 4.74 Å². The molecule has 1 aromatic carbocycles. The molecule has 0 unspecified atom stereocenters. The first-order chi connectivity index (χ1) is 13.3. The maximum atomic E-state index is 5.77. The first-order valence-corrected chi connectivity index (χ1v) is 10.2. The van der Waals surface area contributed by atoms with Gasteiger partial charge in [0.05, 0.1) is 18.7 Å². The molecule has 146 valence electrons. The quantitative estimate of drug-likeness (QED) is 0.744. The standard InChI is InChI=1S/C20H30N6O/c1-2-19(20-21-22-23-26(20)16-18-9-6-14-27-18)25-12-10-24(11-13-25)15-17-7-4-3-5-8-17/h3-5,7-8,18-19H,2,6,9-16H2,1H3/t18-,19-/m0/s1. The molecule has 2 aromatic rings. The van der Waals surface area contributed by atoms with Crippen molar-refractivity contribution in [2.45, 2.75) is 51.4 Å². The molecule has 2 saturated heterocycles. The zero-order chi connectivity index (χ0) is 18.5. The number of rotatable bonds is 7. The van der Waals surface area contributed by atoms with Crippen LogP contribution in [0.4, 0.5) is 0 Å². The molecule has 7 heteroatoms. The summed E-state index contributed by atoms with van der Waals surface area (Å²) in [5.41, 5.74) is 1.39. The second kappa shape index (κ2) is 8.91. The topological polar surface area (TPSA) is 59.3 Å². The van der Waals surface area contributed by atoms with Crippen LogP contribution in [0.3, 0.4) is 0 Å². The van der Waals surface area contributed by atoms with E-state index in [1.54, 1.807) is 0 Å². The Labute approximate surface area is 161 Å². The lowest BCUT2D eigenvalue weighted by Gasteiger charge is -2.38. The average molecular weight is 371 g/mol. The van der Waals surface area contributed by atoms with Crippen LogP contribution in [0.2, 0.25) is 0 Å². The van der Waals surface area contributed by atoms with Gasteiger partial charge in [0.15, 0.2) is 5.82 Å². The van der Waals surface area contributed by atoms with E-state index in [1.807, 2.05) is 4.68 Å². The maximum absolute atomic E-state index is 5.77. The normalized spacial score (nSPS) is 22.9.